The van der Waals surface area contributed by atoms with Gasteiger partial charge in [-0.25, -0.2) is 8.42 Å². The molecule has 3 aromatic rings. The van der Waals surface area contributed by atoms with E-state index < -0.39 is 38.4 Å². The lowest BCUT2D eigenvalue weighted by Gasteiger charge is -2.57. The summed E-state index contributed by atoms with van der Waals surface area (Å²) in [5, 5.41) is 0. The fraction of sp³-hybridized carbons (Fsp3) is 0.419. The standard InChI is InChI=1S/C31H32F6N2O3S/c1-20-23(8-7-10-24(20)30(32,33)34)21-12-14-22(15-13-21)29-26-18-38(16-5-6-17-39(26)27(29)19-42-2)43(40,41)28-11-4-3-9-25(28)31(35,36)37/h3-4,7-15,26-27,29H,5-6,16-19H2,1-2H3/t26?,27-,29+/m1/s1. The van der Waals surface area contributed by atoms with Gasteiger partial charge in [0.1, 0.15) is 0 Å². The minimum atomic E-state index is -4.83. The Kier molecular flexibility index (Phi) is 8.69. The third kappa shape index (κ3) is 6.07. The van der Waals surface area contributed by atoms with Crippen LogP contribution in [0.5, 0.6) is 0 Å². The first kappa shape index (κ1) is 31.5. The van der Waals surface area contributed by atoms with Crippen molar-refractivity contribution in [3.63, 3.8) is 0 Å². The van der Waals surface area contributed by atoms with Crippen molar-refractivity contribution in [2.24, 2.45) is 0 Å². The van der Waals surface area contributed by atoms with E-state index in [9.17, 15) is 34.8 Å². The molecule has 3 atom stereocenters. The topological polar surface area (TPSA) is 49.9 Å². The zero-order valence-corrected chi connectivity index (χ0v) is 24.4. The van der Waals surface area contributed by atoms with Crippen molar-refractivity contribution in [1.29, 1.82) is 0 Å². The van der Waals surface area contributed by atoms with E-state index in [-0.39, 0.29) is 36.7 Å². The quantitative estimate of drug-likeness (QED) is 0.278. The normalized spacial score (nSPS) is 22.4. The predicted octanol–water partition coefficient (Wildman–Crippen LogP) is 6.97. The van der Waals surface area contributed by atoms with Crippen LogP contribution in [0, 0.1) is 6.92 Å². The second-order valence-electron chi connectivity index (χ2n) is 11.0. The van der Waals surface area contributed by atoms with Crippen molar-refractivity contribution < 1.29 is 39.5 Å². The van der Waals surface area contributed by atoms with Crippen molar-refractivity contribution in [3.05, 3.63) is 89.0 Å². The first-order valence-corrected chi connectivity index (χ1v) is 15.4. The number of methoxy groups -OCH3 is 1. The lowest BCUT2D eigenvalue weighted by Crippen LogP contribution is -2.68. The summed E-state index contributed by atoms with van der Waals surface area (Å²) in [6.07, 6.45) is -8.16. The monoisotopic (exact) mass is 626 g/mol. The highest BCUT2D eigenvalue weighted by molar-refractivity contribution is 7.89. The molecule has 0 spiro atoms. The molecule has 0 radical (unpaired) electrons. The van der Waals surface area contributed by atoms with Crippen molar-refractivity contribution in [2.75, 3.05) is 33.4 Å². The van der Waals surface area contributed by atoms with E-state index in [1.54, 1.807) is 25.3 Å². The van der Waals surface area contributed by atoms with Crippen molar-refractivity contribution in [2.45, 2.75) is 55.0 Å². The molecule has 3 aromatic carbocycles. The number of alkyl halides is 6. The summed E-state index contributed by atoms with van der Waals surface area (Å²) in [7, 11) is -2.91. The Hall–Kier alpha value is -2.93. The second kappa shape index (κ2) is 11.9. The largest absolute Gasteiger partial charge is 0.417 e. The molecule has 0 N–H and O–H groups in total. The molecule has 1 unspecified atom stereocenters. The number of hydrogen-bond acceptors (Lipinski definition) is 4. The van der Waals surface area contributed by atoms with Gasteiger partial charge in [0.2, 0.25) is 10.0 Å². The van der Waals surface area contributed by atoms with Gasteiger partial charge in [-0.2, -0.15) is 30.6 Å². The van der Waals surface area contributed by atoms with E-state index in [1.165, 1.54) is 25.1 Å². The summed E-state index contributed by atoms with van der Waals surface area (Å²) in [6, 6.07) is 15.0. The summed E-state index contributed by atoms with van der Waals surface area (Å²) >= 11 is 0. The van der Waals surface area contributed by atoms with E-state index in [0.29, 0.717) is 37.1 Å². The predicted molar refractivity (Wildman–Crippen MR) is 150 cm³/mol. The molecule has 12 heteroatoms. The van der Waals surface area contributed by atoms with Gasteiger partial charge in [-0.1, -0.05) is 48.5 Å². The molecule has 0 saturated carbocycles. The van der Waals surface area contributed by atoms with Gasteiger partial charge in [0.25, 0.3) is 0 Å². The van der Waals surface area contributed by atoms with Gasteiger partial charge < -0.3 is 4.74 Å². The lowest BCUT2D eigenvalue weighted by atomic mass is 9.74. The van der Waals surface area contributed by atoms with E-state index in [0.717, 1.165) is 28.1 Å². The molecule has 5 rings (SSSR count). The molecule has 2 heterocycles. The summed E-state index contributed by atoms with van der Waals surface area (Å²) in [6.45, 7) is 2.57. The number of ether oxygens (including phenoxy) is 1. The van der Waals surface area contributed by atoms with Gasteiger partial charge >= 0.3 is 12.4 Å². The minimum absolute atomic E-state index is 0.00606. The fourth-order valence-corrected chi connectivity index (χ4v) is 8.19. The van der Waals surface area contributed by atoms with Crippen LogP contribution in [-0.4, -0.2) is 63.1 Å². The van der Waals surface area contributed by atoms with Gasteiger partial charge in [-0.15, -0.1) is 0 Å². The van der Waals surface area contributed by atoms with Crippen LogP contribution in [0.3, 0.4) is 0 Å². The van der Waals surface area contributed by atoms with Gasteiger partial charge in [0.15, 0.2) is 0 Å². The van der Waals surface area contributed by atoms with Gasteiger partial charge in [0.05, 0.1) is 22.6 Å². The highest BCUT2D eigenvalue weighted by Gasteiger charge is 2.51. The van der Waals surface area contributed by atoms with E-state index in [2.05, 4.69) is 4.90 Å². The van der Waals surface area contributed by atoms with Crippen LogP contribution < -0.4 is 0 Å². The molecular weight excluding hydrogens is 594 g/mol. The lowest BCUT2D eigenvalue weighted by molar-refractivity contribution is -0.140. The van der Waals surface area contributed by atoms with E-state index in [4.69, 9.17) is 4.74 Å². The summed E-state index contributed by atoms with van der Waals surface area (Å²) in [5.41, 5.74) is 0.137. The fourth-order valence-electron chi connectivity index (χ4n) is 6.48. The van der Waals surface area contributed by atoms with E-state index >= 15 is 0 Å². The van der Waals surface area contributed by atoms with Gasteiger partial charge in [-0.3, -0.25) is 4.90 Å². The van der Waals surface area contributed by atoms with Crippen molar-refractivity contribution in [3.8, 4) is 11.1 Å². The molecule has 0 amide bonds. The van der Waals surface area contributed by atoms with Crippen molar-refractivity contribution >= 4 is 10.0 Å². The average Bonchev–Trinajstić information content (AvgIpc) is 2.93. The molecule has 0 aromatic heterocycles. The Morgan fingerprint density at radius 1 is 0.837 bits per heavy atom. The van der Waals surface area contributed by atoms with Gasteiger partial charge in [-0.05, 0) is 66.8 Å². The molecule has 232 valence electrons. The van der Waals surface area contributed by atoms with Crippen molar-refractivity contribution in [1.82, 2.24) is 9.21 Å². The highest BCUT2D eigenvalue weighted by Crippen LogP contribution is 2.44. The molecule has 43 heavy (non-hydrogen) atoms. The Bertz CT molecular complexity index is 1560. The zero-order chi connectivity index (χ0) is 31.2. The Morgan fingerprint density at radius 3 is 2.12 bits per heavy atom. The minimum Gasteiger partial charge on any atom is -0.383 e. The van der Waals surface area contributed by atoms with Crippen LogP contribution in [0.25, 0.3) is 11.1 Å². The molecule has 0 aliphatic carbocycles. The zero-order valence-electron chi connectivity index (χ0n) is 23.6. The number of rotatable bonds is 6. The number of sulfonamides is 1. The van der Waals surface area contributed by atoms with Crippen LogP contribution in [-0.2, 0) is 27.1 Å². The summed E-state index contributed by atoms with van der Waals surface area (Å²) in [5.74, 6) is -0.203. The maximum absolute atomic E-state index is 13.8. The van der Waals surface area contributed by atoms with Crippen LogP contribution in [0.2, 0.25) is 0 Å². The first-order chi connectivity index (χ1) is 20.2. The van der Waals surface area contributed by atoms with Gasteiger partial charge in [0, 0.05) is 38.2 Å². The number of hydrogen-bond donors (Lipinski definition) is 0. The molecular formula is C31H32F6N2O3S. The van der Waals surface area contributed by atoms with Crippen LogP contribution in [0.4, 0.5) is 26.3 Å². The number of nitrogens with zero attached hydrogens (tertiary/aromatic N) is 2. The SMILES string of the molecule is COC[C@@H]1[C@@H](c2ccc(-c3cccc(C(F)(F)F)c3C)cc2)C2CN(S(=O)(=O)c3ccccc3C(F)(F)F)CCCCN21. The summed E-state index contributed by atoms with van der Waals surface area (Å²) in [4.78, 5) is 1.39. The second-order valence-corrected chi connectivity index (χ2v) is 12.9. The molecule has 2 aliphatic rings. The highest BCUT2D eigenvalue weighted by atomic mass is 32.2. The third-order valence-corrected chi connectivity index (χ3v) is 10.5. The Morgan fingerprint density at radius 2 is 1.47 bits per heavy atom. The first-order valence-electron chi connectivity index (χ1n) is 13.9. The van der Waals surface area contributed by atoms with Crippen LogP contribution in [0.1, 0.15) is 41.0 Å². The molecule has 2 fully saturated rings. The average molecular weight is 627 g/mol. The smallest absolute Gasteiger partial charge is 0.383 e. The Balaban J connectivity index is 1.47. The third-order valence-electron chi connectivity index (χ3n) is 8.54. The number of fused-ring (bicyclic) bond motifs is 1. The summed E-state index contributed by atoms with van der Waals surface area (Å²) < 4.78 is 116. The molecule has 2 aliphatic heterocycles. The Labute approximate surface area is 247 Å². The van der Waals surface area contributed by atoms with Crippen LogP contribution >= 0.6 is 0 Å². The molecule has 0 bridgehead atoms. The number of halogens is 6. The van der Waals surface area contributed by atoms with Crippen LogP contribution in [0.15, 0.2) is 71.6 Å². The molecule has 2 saturated heterocycles. The number of benzene rings is 3. The maximum atomic E-state index is 13.8. The maximum Gasteiger partial charge on any atom is 0.417 e. The van der Waals surface area contributed by atoms with E-state index in [1.807, 2.05) is 12.1 Å². The molecule has 5 nitrogen and oxygen atoms in total.